The quantitative estimate of drug-likeness (QED) is 0.694. The Kier molecular flexibility index (Phi) is 5.09. The zero-order valence-corrected chi connectivity index (χ0v) is 14.3. The summed E-state index contributed by atoms with van der Waals surface area (Å²) >= 11 is 6.03. The standard InChI is InChI=1S/C18H13ClF2N4O/c1-10-11(19)4-2-7-14(10)23-17(26)15-8-9-22-18(24-15)25-16-12(20)5-3-6-13(16)21/h2-9H,1H3,(H,23,26)(H,22,24,25). The van der Waals surface area contributed by atoms with Crippen LogP contribution < -0.4 is 10.6 Å². The van der Waals surface area contributed by atoms with Crippen LogP contribution in [0.15, 0.2) is 48.7 Å². The Balaban J connectivity index is 1.83. The smallest absolute Gasteiger partial charge is 0.274 e. The third-order valence-electron chi connectivity index (χ3n) is 3.60. The molecular weight excluding hydrogens is 362 g/mol. The summed E-state index contributed by atoms with van der Waals surface area (Å²) in [5.74, 6) is -2.20. The molecule has 5 nitrogen and oxygen atoms in total. The second-order valence-corrected chi connectivity index (χ2v) is 5.76. The lowest BCUT2D eigenvalue weighted by Gasteiger charge is -2.10. The lowest BCUT2D eigenvalue weighted by Crippen LogP contribution is -2.15. The van der Waals surface area contributed by atoms with E-state index >= 15 is 0 Å². The molecule has 0 atom stereocenters. The van der Waals surface area contributed by atoms with E-state index in [2.05, 4.69) is 20.6 Å². The fraction of sp³-hybridized carbons (Fsp3) is 0.0556. The van der Waals surface area contributed by atoms with Crippen molar-refractivity contribution in [1.29, 1.82) is 0 Å². The molecule has 3 rings (SSSR count). The first kappa shape index (κ1) is 17.8. The highest BCUT2D eigenvalue weighted by atomic mass is 35.5. The average Bonchev–Trinajstić information content (AvgIpc) is 2.62. The van der Waals surface area contributed by atoms with E-state index in [4.69, 9.17) is 11.6 Å². The number of halogens is 3. The minimum atomic E-state index is -0.794. The van der Waals surface area contributed by atoms with Crippen LogP contribution in [0.5, 0.6) is 0 Å². The zero-order chi connectivity index (χ0) is 18.7. The Bertz CT molecular complexity index is 961. The van der Waals surface area contributed by atoms with E-state index in [-0.39, 0.29) is 11.6 Å². The largest absolute Gasteiger partial charge is 0.320 e. The van der Waals surface area contributed by atoms with Gasteiger partial charge in [-0.25, -0.2) is 18.7 Å². The summed E-state index contributed by atoms with van der Waals surface area (Å²) in [5, 5.41) is 5.65. The van der Waals surface area contributed by atoms with Gasteiger partial charge < -0.3 is 10.6 Å². The summed E-state index contributed by atoms with van der Waals surface area (Å²) in [6.45, 7) is 1.77. The van der Waals surface area contributed by atoms with Crippen molar-refractivity contribution in [1.82, 2.24) is 9.97 Å². The number of nitrogens with zero attached hydrogens (tertiary/aromatic N) is 2. The van der Waals surface area contributed by atoms with Gasteiger partial charge in [0, 0.05) is 16.9 Å². The van der Waals surface area contributed by atoms with E-state index in [9.17, 15) is 13.6 Å². The van der Waals surface area contributed by atoms with Crippen molar-refractivity contribution in [3.63, 3.8) is 0 Å². The normalized spacial score (nSPS) is 10.5. The molecule has 0 spiro atoms. The molecule has 0 aliphatic rings. The molecule has 0 radical (unpaired) electrons. The highest BCUT2D eigenvalue weighted by Crippen LogP contribution is 2.24. The van der Waals surface area contributed by atoms with E-state index < -0.39 is 23.2 Å². The molecule has 3 aromatic rings. The lowest BCUT2D eigenvalue weighted by atomic mass is 10.2. The van der Waals surface area contributed by atoms with Crippen LogP contribution in [-0.2, 0) is 0 Å². The van der Waals surface area contributed by atoms with Gasteiger partial charge in [-0.1, -0.05) is 23.7 Å². The molecule has 132 valence electrons. The Morgan fingerprint density at radius 2 is 1.77 bits per heavy atom. The number of carbonyl (C=O) groups excluding carboxylic acids is 1. The second kappa shape index (κ2) is 7.45. The first-order valence-electron chi connectivity index (χ1n) is 7.56. The number of carbonyl (C=O) groups is 1. The van der Waals surface area contributed by atoms with E-state index in [0.29, 0.717) is 16.3 Å². The number of rotatable bonds is 4. The molecule has 0 saturated carbocycles. The van der Waals surface area contributed by atoms with Gasteiger partial charge in [0.25, 0.3) is 5.91 Å². The molecule has 0 bridgehead atoms. The topological polar surface area (TPSA) is 66.9 Å². The van der Waals surface area contributed by atoms with Crippen LogP contribution in [0.1, 0.15) is 16.1 Å². The summed E-state index contributed by atoms with van der Waals surface area (Å²) < 4.78 is 27.4. The average molecular weight is 375 g/mol. The number of benzene rings is 2. The van der Waals surface area contributed by atoms with Gasteiger partial charge in [-0.05, 0) is 42.8 Å². The van der Waals surface area contributed by atoms with Gasteiger partial charge in [0.2, 0.25) is 5.95 Å². The Morgan fingerprint density at radius 1 is 1.08 bits per heavy atom. The van der Waals surface area contributed by atoms with Crippen molar-refractivity contribution in [2.24, 2.45) is 0 Å². The third kappa shape index (κ3) is 3.78. The van der Waals surface area contributed by atoms with Crippen molar-refractivity contribution < 1.29 is 13.6 Å². The number of hydrogen-bond donors (Lipinski definition) is 2. The SMILES string of the molecule is Cc1c(Cl)cccc1NC(=O)c1ccnc(Nc2c(F)cccc2F)n1. The number of hydrogen-bond acceptors (Lipinski definition) is 4. The maximum Gasteiger partial charge on any atom is 0.274 e. The van der Waals surface area contributed by atoms with Gasteiger partial charge in [0.1, 0.15) is 23.0 Å². The zero-order valence-electron chi connectivity index (χ0n) is 13.6. The number of anilines is 3. The Labute approximate surface area is 153 Å². The Morgan fingerprint density at radius 3 is 2.50 bits per heavy atom. The van der Waals surface area contributed by atoms with E-state index in [0.717, 1.165) is 12.1 Å². The molecule has 0 saturated heterocycles. The number of amides is 1. The van der Waals surface area contributed by atoms with Crippen molar-refractivity contribution in [2.45, 2.75) is 6.92 Å². The molecule has 1 aromatic heterocycles. The maximum atomic E-state index is 13.7. The molecule has 0 aliphatic heterocycles. The fourth-order valence-electron chi connectivity index (χ4n) is 2.20. The van der Waals surface area contributed by atoms with Crippen LogP contribution in [0.2, 0.25) is 5.02 Å². The molecule has 0 aliphatic carbocycles. The molecule has 2 N–H and O–H groups in total. The van der Waals surface area contributed by atoms with Gasteiger partial charge in [-0.3, -0.25) is 4.79 Å². The van der Waals surface area contributed by atoms with Gasteiger partial charge in [-0.2, -0.15) is 0 Å². The van der Waals surface area contributed by atoms with Crippen molar-refractivity contribution in [2.75, 3.05) is 10.6 Å². The highest BCUT2D eigenvalue weighted by Gasteiger charge is 2.14. The highest BCUT2D eigenvalue weighted by molar-refractivity contribution is 6.31. The molecule has 26 heavy (non-hydrogen) atoms. The van der Waals surface area contributed by atoms with E-state index in [1.54, 1.807) is 25.1 Å². The van der Waals surface area contributed by atoms with Crippen LogP contribution in [0.25, 0.3) is 0 Å². The Hall–Kier alpha value is -3.06. The van der Waals surface area contributed by atoms with Crippen molar-refractivity contribution in [3.05, 3.63) is 76.6 Å². The maximum absolute atomic E-state index is 13.7. The van der Waals surface area contributed by atoms with Gasteiger partial charge in [-0.15, -0.1) is 0 Å². The van der Waals surface area contributed by atoms with Crippen LogP contribution >= 0.6 is 11.6 Å². The summed E-state index contributed by atoms with van der Waals surface area (Å²) in [6.07, 6.45) is 1.31. The van der Waals surface area contributed by atoms with Crippen molar-refractivity contribution >= 4 is 34.8 Å². The third-order valence-corrected chi connectivity index (χ3v) is 4.01. The lowest BCUT2D eigenvalue weighted by molar-refractivity contribution is 0.102. The fourth-order valence-corrected chi connectivity index (χ4v) is 2.38. The minimum Gasteiger partial charge on any atom is -0.320 e. The predicted molar refractivity (Wildman–Crippen MR) is 95.8 cm³/mol. The van der Waals surface area contributed by atoms with Gasteiger partial charge >= 0.3 is 0 Å². The summed E-state index contributed by atoms with van der Waals surface area (Å²) in [4.78, 5) is 20.3. The molecule has 1 amide bonds. The summed E-state index contributed by atoms with van der Waals surface area (Å²) in [5.41, 5.74) is 0.883. The predicted octanol–water partition coefficient (Wildman–Crippen LogP) is 4.71. The number of nitrogens with one attached hydrogen (secondary N) is 2. The van der Waals surface area contributed by atoms with Gasteiger partial charge in [0.15, 0.2) is 0 Å². The molecule has 2 aromatic carbocycles. The van der Waals surface area contributed by atoms with Crippen molar-refractivity contribution in [3.8, 4) is 0 Å². The van der Waals surface area contributed by atoms with Gasteiger partial charge in [0.05, 0.1) is 0 Å². The summed E-state index contributed by atoms with van der Waals surface area (Å²) in [7, 11) is 0. The second-order valence-electron chi connectivity index (χ2n) is 5.35. The van der Waals surface area contributed by atoms with Crippen LogP contribution in [0.3, 0.4) is 0 Å². The van der Waals surface area contributed by atoms with Crippen LogP contribution in [0, 0.1) is 18.6 Å². The van der Waals surface area contributed by atoms with Crippen LogP contribution in [0.4, 0.5) is 26.1 Å². The number of aromatic nitrogens is 2. The van der Waals surface area contributed by atoms with E-state index in [1.807, 2.05) is 0 Å². The monoisotopic (exact) mass is 374 g/mol. The van der Waals surface area contributed by atoms with E-state index in [1.165, 1.54) is 18.3 Å². The molecule has 0 unspecified atom stereocenters. The first-order valence-corrected chi connectivity index (χ1v) is 7.94. The number of para-hydroxylation sites is 1. The molecule has 1 heterocycles. The minimum absolute atomic E-state index is 0.0265. The molecular formula is C18H13ClF2N4O. The first-order chi connectivity index (χ1) is 12.5. The summed E-state index contributed by atoms with van der Waals surface area (Å²) in [6, 6.07) is 9.95. The molecule has 0 fully saturated rings. The van der Waals surface area contributed by atoms with Crippen LogP contribution in [-0.4, -0.2) is 15.9 Å². The molecule has 8 heteroatoms.